The van der Waals surface area contributed by atoms with Gasteiger partial charge < -0.3 is 4.90 Å². The monoisotopic (exact) mass is 460 g/mol. The molecule has 0 radical (unpaired) electrons. The lowest BCUT2D eigenvalue weighted by Gasteiger charge is -2.35. The molecule has 0 amide bonds. The molecule has 2 rings (SSSR count). The van der Waals surface area contributed by atoms with E-state index in [2.05, 4.69) is 11.6 Å². The third-order valence-electron chi connectivity index (χ3n) is 4.42. The highest BCUT2D eigenvalue weighted by Crippen LogP contribution is 2.47. The first-order chi connectivity index (χ1) is 15.3. The summed E-state index contributed by atoms with van der Waals surface area (Å²) in [5.74, 6) is -1.15. The molecule has 172 valence electrons. The maximum atomic E-state index is 13.9. The molecule has 6 heteroatoms. The van der Waals surface area contributed by atoms with Crippen molar-refractivity contribution in [3.63, 3.8) is 0 Å². The van der Waals surface area contributed by atoms with E-state index in [1.165, 1.54) is 54.3 Å². The molecule has 0 aliphatic rings. The lowest BCUT2D eigenvalue weighted by molar-refractivity contribution is 0.621. The van der Waals surface area contributed by atoms with Crippen LogP contribution in [-0.4, -0.2) is 31.2 Å². The van der Waals surface area contributed by atoms with Gasteiger partial charge in [0.15, 0.2) is 5.17 Å². The summed E-state index contributed by atoms with van der Waals surface area (Å²) in [6.45, 7) is 7.49. The van der Waals surface area contributed by atoms with Crippen LogP contribution in [0.5, 0.6) is 0 Å². The van der Waals surface area contributed by atoms with Crippen LogP contribution in [0, 0.1) is 11.6 Å². The van der Waals surface area contributed by atoms with Crippen molar-refractivity contribution in [3.05, 3.63) is 108 Å². The molecule has 2 aromatic rings. The lowest BCUT2D eigenvalue weighted by Crippen LogP contribution is -2.30. The molecule has 0 spiro atoms. The smallest absolute Gasteiger partial charge is 0.159 e. The van der Waals surface area contributed by atoms with E-state index in [4.69, 9.17) is 0 Å². The molecule has 0 saturated carbocycles. The number of halogens is 3. The summed E-state index contributed by atoms with van der Waals surface area (Å²) in [5, 5.41) is 0.721. The van der Waals surface area contributed by atoms with E-state index in [0.717, 1.165) is 16.3 Å². The zero-order chi connectivity index (χ0) is 24.1. The third kappa shape index (κ3) is 7.45. The van der Waals surface area contributed by atoms with Gasteiger partial charge in [-0.1, -0.05) is 68.6 Å². The minimum atomic E-state index is -0.786. The van der Waals surface area contributed by atoms with Gasteiger partial charge in [0, 0.05) is 21.1 Å². The third-order valence-corrected chi connectivity index (χ3v) is 6.14. The van der Waals surface area contributed by atoms with Gasteiger partial charge in [0.1, 0.15) is 17.5 Å². The van der Waals surface area contributed by atoms with Crippen molar-refractivity contribution < 1.29 is 13.2 Å². The van der Waals surface area contributed by atoms with E-state index in [1.807, 2.05) is 32.8 Å². The molecule has 0 aromatic heterocycles. The first-order valence-electron chi connectivity index (χ1n) is 10.3. The second kappa shape index (κ2) is 13.6. The molecule has 2 nitrogen and oxygen atoms in total. The minimum absolute atomic E-state index is 0.357. The van der Waals surface area contributed by atoms with Gasteiger partial charge in [-0.15, -0.1) is 0 Å². The van der Waals surface area contributed by atoms with Crippen molar-refractivity contribution in [1.82, 2.24) is 4.90 Å². The van der Waals surface area contributed by atoms with Gasteiger partial charge in [-0.25, -0.2) is 13.2 Å². The van der Waals surface area contributed by atoms with Crippen LogP contribution in [-0.2, 0) is 4.75 Å². The Bertz CT molecular complexity index is 885. The number of rotatable bonds is 7. The van der Waals surface area contributed by atoms with Crippen molar-refractivity contribution in [3.8, 4) is 0 Å². The summed E-state index contributed by atoms with van der Waals surface area (Å²) in [6.07, 6.45) is 6.07. The van der Waals surface area contributed by atoms with Gasteiger partial charge in [0.25, 0.3) is 0 Å². The standard InChI is InChI=1S/C24H25F3N2S.C2H6/c1-5-7-20(25)8-6-17-24(30-23(28-2)29(3)4,18-9-13-21(26)14-10-18)19-11-15-22(27)16-12-19;1-2/h5-16H,1,17H2,2-4H3;1-2H3/b8-6-,20-7+,28-23?;. The van der Waals surface area contributed by atoms with Gasteiger partial charge in [0.2, 0.25) is 0 Å². The second-order valence-corrected chi connectivity index (χ2v) is 8.00. The summed E-state index contributed by atoms with van der Waals surface area (Å²) in [5.41, 5.74) is 1.59. The highest BCUT2D eigenvalue weighted by Gasteiger charge is 2.36. The van der Waals surface area contributed by atoms with Crippen molar-refractivity contribution >= 4 is 16.9 Å². The Morgan fingerprint density at radius 3 is 1.84 bits per heavy atom. The first kappa shape index (κ1) is 27.3. The Hall–Kier alpha value is -2.73. The molecule has 0 fully saturated rings. The summed E-state index contributed by atoms with van der Waals surface area (Å²) < 4.78 is 40.4. The van der Waals surface area contributed by atoms with Crippen LogP contribution in [0.15, 0.2) is 90.2 Å². The van der Waals surface area contributed by atoms with Crippen LogP contribution >= 0.6 is 11.8 Å². The highest BCUT2D eigenvalue weighted by atomic mass is 32.2. The number of amidine groups is 1. The van der Waals surface area contributed by atoms with Crippen LogP contribution in [0.1, 0.15) is 31.4 Å². The highest BCUT2D eigenvalue weighted by molar-refractivity contribution is 8.14. The fourth-order valence-electron chi connectivity index (χ4n) is 3.00. The normalized spacial score (nSPS) is 12.4. The molecule has 2 aromatic carbocycles. The number of benzene rings is 2. The fraction of sp³-hybridized carbons (Fsp3) is 0.269. The summed E-state index contributed by atoms with van der Waals surface area (Å²) in [6, 6.07) is 12.3. The van der Waals surface area contributed by atoms with Crippen LogP contribution in [0.3, 0.4) is 0 Å². The first-order valence-corrected chi connectivity index (χ1v) is 11.1. The lowest BCUT2D eigenvalue weighted by atomic mass is 9.87. The fourth-order valence-corrected chi connectivity index (χ4v) is 4.27. The zero-order valence-corrected chi connectivity index (χ0v) is 20.1. The summed E-state index contributed by atoms with van der Waals surface area (Å²) >= 11 is 1.45. The molecule has 32 heavy (non-hydrogen) atoms. The van der Waals surface area contributed by atoms with Crippen LogP contribution in [0.2, 0.25) is 0 Å². The van der Waals surface area contributed by atoms with Crippen LogP contribution in [0.25, 0.3) is 0 Å². The number of thioether (sulfide) groups is 1. The van der Waals surface area contributed by atoms with E-state index >= 15 is 0 Å². The number of nitrogens with zero attached hydrogens (tertiary/aromatic N) is 2. The van der Waals surface area contributed by atoms with Gasteiger partial charge in [0.05, 0.1) is 4.75 Å². The van der Waals surface area contributed by atoms with Gasteiger partial charge in [-0.05, 0) is 54.0 Å². The SMILES string of the molecule is C=C/C=C(F)\C=C/CC(SC(=NC)N(C)C)(c1ccc(F)cc1)c1ccc(F)cc1.CC. The van der Waals surface area contributed by atoms with Crippen LogP contribution < -0.4 is 0 Å². The molecule has 0 heterocycles. The largest absolute Gasteiger partial charge is 0.358 e. The Morgan fingerprint density at radius 2 is 1.47 bits per heavy atom. The molecule has 0 atom stereocenters. The molecule has 0 saturated heterocycles. The maximum Gasteiger partial charge on any atom is 0.159 e. The minimum Gasteiger partial charge on any atom is -0.358 e. The van der Waals surface area contributed by atoms with E-state index in [0.29, 0.717) is 6.42 Å². The van der Waals surface area contributed by atoms with Crippen molar-refractivity contribution in [1.29, 1.82) is 0 Å². The Balaban J connectivity index is 0.00000249. The summed E-state index contributed by atoms with van der Waals surface area (Å²) in [4.78, 5) is 6.24. The molecule has 0 aliphatic heterocycles. The maximum absolute atomic E-state index is 13.9. The van der Waals surface area contributed by atoms with E-state index in [-0.39, 0.29) is 11.6 Å². The number of hydrogen-bond donors (Lipinski definition) is 0. The Labute approximate surface area is 194 Å². The Morgan fingerprint density at radius 1 is 1.00 bits per heavy atom. The molecular formula is C26H31F3N2S. The van der Waals surface area contributed by atoms with E-state index in [1.54, 1.807) is 37.4 Å². The van der Waals surface area contributed by atoms with E-state index < -0.39 is 10.6 Å². The quantitative estimate of drug-likeness (QED) is 0.241. The zero-order valence-electron chi connectivity index (χ0n) is 19.3. The average molecular weight is 461 g/mol. The number of hydrogen-bond acceptors (Lipinski definition) is 2. The Kier molecular flexibility index (Phi) is 11.6. The number of allylic oxidation sites excluding steroid dienone is 5. The molecule has 0 N–H and O–H groups in total. The molecule has 0 aliphatic carbocycles. The van der Waals surface area contributed by atoms with E-state index in [9.17, 15) is 13.2 Å². The van der Waals surface area contributed by atoms with Crippen molar-refractivity contribution in [2.45, 2.75) is 25.0 Å². The summed E-state index contributed by atoms with van der Waals surface area (Å²) in [7, 11) is 5.43. The van der Waals surface area contributed by atoms with Crippen molar-refractivity contribution in [2.24, 2.45) is 4.99 Å². The van der Waals surface area contributed by atoms with Crippen LogP contribution in [0.4, 0.5) is 13.2 Å². The molecule has 0 unspecified atom stereocenters. The molecular weight excluding hydrogens is 429 g/mol. The van der Waals surface area contributed by atoms with Gasteiger partial charge in [-0.3, -0.25) is 4.99 Å². The predicted octanol–water partition coefficient (Wildman–Crippen LogP) is 7.50. The second-order valence-electron chi connectivity index (χ2n) is 6.74. The van der Waals surface area contributed by atoms with Gasteiger partial charge in [-0.2, -0.15) is 0 Å². The number of aliphatic imine (C=N–C) groups is 1. The average Bonchev–Trinajstić information content (AvgIpc) is 2.78. The topological polar surface area (TPSA) is 15.6 Å². The van der Waals surface area contributed by atoms with Crippen molar-refractivity contribution in [2.75, 3.05) is 21.1 Å². The predicted molar refractivity (Wildman–Crippen MR) is 133 cm³/mol. The van der Waals surface area contributed by atoms with Gasteiger partial charge >= 0.3 is 0 Å². The molecule has 0 bridgehead atoms.